The molecule has 0 fully saturated rings. The molecule has 0 radical (unpaired) electrons. The second-order valence-corrected chi connectivity index (χ2v) is 5.09. The minimum absolute atomic E-state index is 0.0254. The van der Waals surface area contributed by atoms with Crippen molar-refractivity contribution in [1.82, 2.24) is 20.0 Å². The van der Waals surface area contributed by atoms with Gasteiger partial charge in [0.05, 0.1) is 0 Å². The van der Waals surface area contributed by atoms with Crippen LogP contribution in [0, 0.1) is 5.92 Å². The third-order valence-corrected chi connectivity index (χ3v) is 3.02. The zero-order valence-corrected chi connectivity index (χ0v) is 11.7. The van der Waals surface area contributed by atoms with E-state index in [2.05, 4.69) is 29.1 Å². The highest BCUT2D eigenvalue weighted by Gasteiger charge is 2.20. The van der Waals surface area contributed by atoms with Gasteiger partial charge in [-0.1, -0.05) is 19.1 Å². The summed E-state index contributed by atoms with van der Waals surface area (Å²) in [4.78, 5) is 15.3. The summed E-state index contributed by atoms with van der Waals surface area (Å²) in [6.45, 7) is 4.97. The lowest BCUT2D eigenvalue weighted by Gasteiger charge is -2.08. The van der Waals surface area contributed by atoms with Gasteiger partial charge < -0.3 is 5.11 Å². The molecular formula is C14H18N4O2. The van der Waals surface area contributed by atoms with E-state index < -0.39 is 5.97 Å². The molecule has 0 saturated heterocycles. The quantitative estimate of drug-likeness (QED) is 0.875. The Kier molecular flexibility index (Phi) is 4.45. The van der Waals surface area contributed by atoms with Crippen molar-refractivity contribution in [1.29, 1.82) is 0 Å². The smallest absolute Gasteiger partial charge is 0.358 e. The number of aromatic carboxylic acids is 1. The highest BCUT2D eigenvalue weighted by atomic mass is 16.4. The minimum Gasteiger partial charge on any atom is -0.476 e. The standard InChI is InChI=1S/C14H18N4O2/c1-10(2)5-4-8-18-13(11-6-3-7-15-9-11)12(14(19)20)16-17-18/h3,6-7,9-10H,4-5,8H2,1-2H3,(H,19,20). The van der Waals surface area contributed by atoms with Crippen LogP contribution in [0.1, 0.15) is 37.2 Å². The molecule has 106 valence electrons. The summed E-state index contributed by atoms with van der Waals surface area (Å²) in [7, 11) is 0. The lowest BCUT2D eigenvalue weighted by atomic mass is 10.1. The third-order valence-electron chi connectivity index (χ3n) is 3.02. The number of nitrogens with zero attached hydrogens (tertiary/aromatic N) is 4. The minimum atomic E-state index is -1.07. The van der Waals surface area contributed by atoms with Crippen molar-refractivity contribution in [3.8, 4) is 11.3 Å². The number of carboxylic acid groups (broad SMARTS) is 1. The average Bonchev–Trinajstić information content (AvgIpc) is 2.83. The largest absolute Gasteiger partial charge is 0.476 e. The van der Waals surface area contributed by atoms with Crippen LogP contribution < -0.4 is 0 Å². The summed E-state index contributed by atoms with van der Waals surface area (Å²) in [5, 5.41) is 17.0. The Morgan fingerprint density at radius 3 is 2.85 bits per heavy atom. The highest BCUT2D eigenvalue weighted by Crippen LogP contribution is 2.22. The maximum atomic E-state index is 11.3. The zero-order valence-electron chi connectivity index (χ0n) is 11.7. The van der Waals surface area contributed by atoms with Gasteiger partial charge in [-0.15, -0.1) is 5.10 Å². The first-order chi connectivity index (χ1) is 9.59. The van der Waals surface area contributed by atoms with Crippen molar-refractivity contribution in [3.63, 3.8) is 0 Å². The fourth-order valence-corrected chi connectivity index (χ4v) is 2.05. The summed E-state index contributed by atoms with van der Waals surface area (Å²) >= 11 is 0. The molecule has 0 saturated carbocycles. The van der Waals surface area contributed by atoms with Crippen LogP contribution in [0.4, 0.5) is 0 Å². The summed E-state index contributed by atoms with van der Waals surface area (Å²) in [6.07, 6.45) is 5.28. The average molecular weight is 274 g/mol. The summed E-state index contributed by atoms with van der Waals surface area (Å²) in [5.74, 6) is -0.460. The molecule has 20 heavy (non-hydrogen) atoms. The summed E-state index contributed by atoms with van der Waals surface area (Å²) < 4.78 is 1.66. The molecule has 1 N–H and O–H groups in total. The number of aromatic nitrogens is 4. The van der Waals surface area contributed by atoms with Crippen molar-refractivity contribution in [2.75, 3.05) is 0 Å². The van der Waals surface area contributed by atoms with Gasteiger partial charge in [0, 0.05) is 24.5 Å². The first-order valence-electron chi connectivity index (χ1n) is 6.66. The molecule has 2 aromatic rings. The van der Waals surface area contributed by atoms with Crippen LogP contribution in [0.25, 0.3) is 11.3 Å². The Labute approximate surface area is 117 Å². The van der Waals surface area contributed by atoms with Gasteiger partial charge in [0.2, 0.25) is 0 Å². The number of hydrogen-bond donors (Lipinski definition) is 1. The Hall–Kier alpha value is -2.24. The Bertz CT molecular complexity index is 578. The Balaban J connectivity index is 2.31. The molecule has 0 aliphatic rings. The molecular weight excluding hydrogens is 256 g/mol. The van der Waals surface area contributed by atoms with E-state index in [9.17, 15) is 9.90 Å². The highest BCUT2D eigenvalue weighted by molar-refractivity contribution is 5.92. The van der Waals surface area contributed by atoms with Crippen LogP contribution in [0.2, 0.25) is 0 Å². The fourth-order valence-electron chi connectivity index (χ4n) is 2.05. The van der Waals surface area contributed by atoms with Gasteiger partial charge >= 0.3 is 5.97 Å². The Morgan fingerprint density at radius 1 is 1.45 bits per heavy atom. The first kappa shape index (κ1) is 14.2. The number of carboxylic acids is 1. The van der Waals surface area contributed by atoms with E-state index in [0.717, 1.165) is 18.4 Å². The van der Waals surface area contributed by atoms with Gasteiger partial charge in [0.25, 0.3) is 0 Å². The summed E-state index contributed by atoms with van der Waals surface area (Å²) in [6, 6.07) is 3.59. The normalized spacial score (nSPS) is 10.9. The summed E-state index contributed by atoms with van der Waals surface area (Å²) in [5.41, 5.74) is 1.22. The molecule has 0 aliphatic carbocycles. The lowest BCUT2D eigenvalue weighted by Crippen LogP contribution is -2.06. The van der Waals surface area contributed by atoms with Crippen molar-refractivity contribution in [3.05, 3.63) is 30.2 Å². The van der Waals surface area contributed by atoms with Crippen LogP contribution in [0.3, 0.4) is 0 Å². The van der Waals surface area contributed by atoms with Crippen LogP contribution in [0.5, 0.6) is 0 Å². The van der Waals surface area contributed by atoms with Crippen LogP contribution in [-0.4, -0.2) is 31.1 Å². The second-order valence-electron chi connectivity index (χ2n) is 5.09. The van der Waals surface area contributed by atoms with Gasteiger partial charge in [-0.2, -0.15) is 0 Å². The monoisotopic (exact) mass is 274 g/mol. The number of hydrogen-bond acceptors (Lipinski definition) is 4. The predicted molar refractivity (Wildman–Crippen MR) is 74.3 cm³/mol. The third kappa shape index (κ3) is 3.20. The van der Waals surface area contributed by atoms with Crippen molar-refractivity contribution < 1.29 is 9.90 Å². The molecule has 6 nitrogen and oxygen atoms in total. The topological polar surface area (TPSA) is 80.9 Å². The fraction of sp³-hybridized carbons (Fsp3) is 0.429. The van der Waals surface area contributed by atoms with Crippen LogP contribution >= 0.6 is 0 Å². The molecule has 0 spiro atoms. The molecule has 6 heteroatoms. The van der Waals surface area contributed by atoms with E-state index in [1.54, 1.807) is 23.1 Å². The number of aryl methyl sites for hydroxylation is 1. The van der Waals surface area contributed by atoms with E-state index in [4.69, 9.17) is 0 Å². The van der Waals surface area contributed by atoms with Crippen molar-refractivity contribution in [2.24, 2.45) is 5.92 Å². The Morgan fingerprint density at radius 2 is 2.25 bits per heavy atom. The molecule has 2 rings (SSSR count). The van der Waals surface area contributed by atoms with E-state index in [1.807, 2.05) is 6.07 Å². The number of rotatable bonds is 6. The molecule has 0 aromatic carbocycles. The van der Waals surface area contributed by atoms with Crippen molar-refractivity contribution >= 4 is 5.97 Å². The van der Waals surface area contributed by atoms with Gasteiger partial charge in [0.1, 0.15) is 5.69 Å². The molecule has 0 unspecified atom stereocenters. The van der Waals surface area contributed by atoms with E-state index in [1.165, 1.54) is 0 Å². The van der Waals surface area contributed by atoms with Crippen LogP contribution in [-0.2, 0) is 6.54 Å². The predicted octanol–water partition coefficient (Wildman–Crippen LogP) is 2.47. The SMILES string of the molecule is CC(C)CCCn1nnc(C(=O)O)c1-c1cccnc1. The maximum absolute atomic E-state index is 11.3. The molecule has 2 heterocycles. The van der Waals surface area contributed by atoms with Crippen molar-refractivity contribution in [2.45, 2.75) is 33.2 Å². The van der Waals surface area contributed by atoms with E-state index in [0.29, 0.717) is 18.2 Å². The molecule has 0 atom stereocenters. The zero-order chi connectivity index (χ0) is 14.5. The molecule has 0 amide bonds. The van der Waals surface area contributed by atoms with E-state index in [-0.39, 0.29) is 5.69 Å². The maximum Gasteiger partial charge on any atom is 0.358 e. The lowest BCUT2D eigenvalue weighted by molar-refractivity contribution is 0.0691. The van der Waals surface area contributed by atoms with Crippen LogP contribution in [0.15, 0.2) is 24.5 Å². The number of carbonyl (C=O) groups is 1. The van der Waals surface area contributed by atoms with Gasteiger partial charge in [-0.05, 0) is 30.9 Å². The molecule has 0 bridgehead atoms. The number of pyridine rings is 1. The van der Waals surface area contributed by atoms with Gasteiger partial charge in [-0.3, -0.25) is 4.98 Å². The molecule has 2 aromatic heterocycles. The second kappa shape index (κ2) is 6.27. The first-order valence-corrected chi connectivity index (χ1v) is 6.66. The van der Waals surface area contributed by atoms with Gasteiger partial charge in [-0.25, -0.2) is 9.48 Å². The molecule has 0 aliphatic heterocycles. The van der Waals surface area contributed by atoms with E-state index >= 15 is 0 Å². The van der Waals surface area contributed by atoms with Gasteiger partial charge in [0.15, 0.2) is 5.69 Å².